The highest BCUT2D eigenvalue weighted by Crippen LogP contribution is 2.29. The van der Waals surface area contributed by atoms with Crippen LogP contribution in [-0.2, 0) is 11.2 Å². The van der Waals surface area contributed by atoms with Crippen LogP contribution in [0.2, 0.25) is 5.02 Å². The Labute approximate surface area is 151 Å². The van der Waals surface area contributed by atoms with E-state index in [0.29, 0.717) is 6.42 Å². The molecule has 0 saturated carbocycles. The molecule has 0 unspecified atom stereocenters. The van der Waals surface area contributed by atoms with Crippen LogP contribution < -0.4 is 0 Å². The Morgan fingerprint density at radius 3 is 2.46 bits per heavy atom. The molecule has 3 nitrogen and oxygen atoms in total. The number of carbonyl (C=O) groups excluding carboxylic acids is 1. The van der Waals surface area contributed by atoms with Crippen LogP contribution in [0.5, 0.6) is 0 Å². The molecule has 0 spiro atoms. The van der Waals surface area contributed by atoms with Crippen LogP contribution in [0.15, 0.2) is 36.0 Å². The first kappa shape index (κ1) is 19.0. The molecule has 1 aromatic carbocycles. The lowest BCUT2D eigenvalue weighted by molar-refractivity contribution is -0.121. The minimum Gasteiger partial charge on any atom is -0.383 e. The quantitative estimate of drug-likeness (QED) is 0.746. The number of carbonyl (C=O) groups is 1. The third-order valence-electron chi connectivity index (χ3n) is 4.46. The van der Waals surface area contributed by atoms with Crippen molar-refractivity contribution in [1.29, 1.82) is 0 Å². The van der Waals surface area contributed by atoms with E-state index in [1.54, 1.807) is 0 Å². The molecule has 1 fully saturated rings. The van der Waals surface area contributed by atoms with Gasteiger partial charge in [-0.15, -0.1) is 0 Å². The van der Waals surface area contributed by atoms with E-state index in [4.69, 9.17) is 11.6 Å². The van der Waals surface area contributed by atoms with Gasteiger partial charge >= 0.3 is 0 Å². The van der Waals surface area contributed by atoms with Gasteiger partial charge in [0, 0.05) is 42.9 Å². The number of ketones is 1. The number of benzene rings is 1. The van der Waals surface area contributed by atoms with Crippen LogP contribution in [0.4, 0.5) is 0 Å². The van der Waals surface area contributed by atoms with Crippen LogP contribution >= 0.6 is 11.6 Å². The van der Waals surface area contributed by atoms with Gasteiger partial charge in [-0.05, 0) is 57.9 Å². The highest BCUT2D eigenvalue weighted by Gasteiger charge is 2.38. The summed E-state index contributed by atoms with van der Waals surface area (Å²) in [6.07, 6.45) is 4.64. The van der Waals surface area contributed by atoms with E-state index in [-0.39, 0.29) is 17.4 Å². The van der Waals surface area contributed by atoms with Gasteiger partial charge in [0.15, 0.2) is 5.78 Å². The van der Waals surface area contributed by atoms with E-state index < -0.39 is 0 Å². The highest BCUT2D eigenvalue weighted by molar-refractivity contribution is 6.30. The highest BCUT2D eigenvalue weighted by atomic mass is 35.5. The number of hydrogen-bond donors (Lipinski definition) is 0. The van der Waals surface area contributed by atoms with E-state index in [1.165, 1.54) is 0 Å². The van der Waals surface area contributed by atoms with Crippen LogP contribution in [0.3, 0.4) is 0 Å². The molecule has 0 N–H and O–H groups in total. The lowest BCUT2D eigenvalue weighted by Crippen LogP contribution is -2.48. The molecule has 0 bridgehead atoms. The Balaban J connectivity index is 2.24. The lowest BCUT2D eigenvalue weighted by atomic mass is 9.94. The molecule has 1 aliphatic heterocycles. The summed E-state index contributed by atoms with van der Waals surface area (Å²) in [6, 6.07) is 7.74. The summed E-state index contributed by atoms with van der Waals surface area (Å²) in [4.78, 5) is 17.6. The summed E-state index contributed by atoms with van der Waals surface area (Å²) in [6.45, 7) is 7.56. The number of Topliss-reactive ketones (excluding diaryl/α,β-unsaturated/α-hetero) is 1. The molecule has 0 aliphatic carbocycles. The second kappa shape index (κ2) is 7.71. The molecular weight excluding hydrogens is 320 g/mol. The zero-order chi connectivity index (χ0) is 17.9. The zero-order valence-corrected chi connectivity index (χ0v) is 16.2. The standard InChI is InChI=1S/C20H29ClN2O/c1-20(2,3)23-12-6-7-18(23)19(24)16(14-22(4)5)13-15-8-10-17(21)11-9-15/h8-11,14,18H,6-7,12-13H2,1-5H3/t18-/m1/s1. The molecule has 4 heteroatoms. The SMILES string of the molecule is CN(C)C=C(Cc1ccc(Cl)cc1)C(=O)[C@H]1CCCN1C(C)(C)C. The van der Waals surface area contributed by atoms with Gasteiger partial charge in [-0.2, -0.15) is 0 Å². The minimum absolute atomic E-state index is 0.0106. The molecule has 1 aliphatic rings. The third-order valence-corrected chi connectivity index (χ3v) is 4.71. The molecule has 0 amide bonds. The predicted octanol–water partition coefficient (Wildman–Crippen LogP) is 4.16. The average Bonchev–Trinajstić information content (AvgIpc) is 2.97. The monoisotopic (exact) mass is 348 g/mol. The number of hydrogen-bond acceptors (Lipinski definition) is 3. The van der Waals surface area contributed by atoms with Gasteiger partial charge in [0.05, 0.1) is 6.04 Å². The van der Waals surface area contributed by atoms with Gasteiger partial charge < -0.3 is 4.90 Å². The number of likely N-dealkylation sites (tertiary alicyclic amines) is 1. The molecule has 1 atom stereocenters. The van der Waals surface area contributed by atoms with Gasteiger partial charge in [0.1, 0.15) is 0 Å². The third kappa shape index (κ3) is 4.84. The fourth-order valence-corrected chi connectivity index (χ4v) is 3.51. The normalized spacial score (nSPS) is 19.6. The van der Waals surface area contributed by atoms with Crippen LogP contribution in [-0.4, -0.2) is 47.8 Å². The largest absolute Gasteiger partial charge is 0.383 e. The van der Waals surface area contributed by atoms with Gasteiger partial charge in [-0.3, -0.25) is 9.69 Å². The smallest absolute Gasteiger partial charge is 0.177 e. The van der Waals surface area contributed by atoms with E-state index in [9.17, 15) is 4.79 Å². The average molecular weight is 349 g/mol. The second-order valence-electron chi connectivity index (χ2n) is 7.81. The Kier molecular flexibility index (Phi) is 6.11. The molecule has 2 rings (SSSR count). The number of rotatable bonds is 5. The van der Waals surface area contributed by atoms with Gasteiger partial charge in [0.25, 0.3) is 0 Å². The molecule has 1 heterocycles. The number of nitrogens with zero attached hydrogens (tertiary/aromatic N) is 2. The molecule has 0 aromatic heterocycles. The number of halogens is 1. The van der Waals surface area contributed by atoms with Crippen molar-refractivity contribution in [3.63, 3.8) is 0 Å². The van der Waals surface area contributed by atoms with Crippen molar-refractivity contribution < 1.29 is 4.79 Å². The van der Waals surface area contributed by atoms with Crippen molar-refractivity contribution in [1.82, 2.24) is 9.80 Å². The first-order chi connectivity index (χ1) is 11.2. The zero-order valence-electron chi connectivity index (χ0n) is 15.5. The van der Waals surface area contributed by atoms with Crippen molar-refractivity contribution >= 4 is 17.4 Å². The Morgan fingerprint density at radius 2 is 1.92 bits per heavy atom. The summed E-state index contributed by atoms with van der Waals surface area (Å²) < 4.78 is 0. The van der Waals surface area contributed by atoms with Gasteiger partial charge in [-0.1, -0.05) is 23.7 Å². The maximum atomic E-state index is 13.2. The molecule has 132 valence electrons. The summed E-state index contributed by atoms with van der Waals surface area (Å²) >= 11 is 5.97. The lowest BCUT2D eigenvalue weighted by Gasteiger charge is -2.36. The van der Waals surface area contributed by atoms with Crippen molar-refractivity contribution in [2.75, 3.05) is 20.6 Å². The maximum absolute atomic E-state index is 13.2. The summed E-state index contributed by atoms with van der Waals surface area (Å²) in [5.74, 6) is 0.256. The Bertz CT molecular complexity index is 599. The first-order valence-electron chi connectivity index (χ1n) is 8.61. The molecule has 1 aromatic rings. The Morgan fingerprint density at radius 1 is 1.29 bits per heavy atom. The molecule has 0 radical (unpaired) electrons. The van der Waals surface area contributed by atoms with E-state index in [2.05, 4.69) is 25.7 Å². The van der Waals surface area contributed by atoms with Gasteiger partial charge in [-0.25, -0.2) is 0 Å². The molecule has 1 saturated heterocycles. The van der Waals surface area contributed by atoms with E-state index in [0.717, 1.165) is 35.5 Å². The van der Waals surface area contributed by atoms with Crippen molar-refractivity contribution in [3.05, 3.63) is 46.6 Å². The van der Waals surface area contributed by atoms with Crippen molar-refractivity contribution in [3.8, 4) is 0 Å². The molecular formula is C20H29ClN2O. The first-order valence-corrected chi connectivity index (χ1v) is 8.99. The van der Waals surface area contributed by atoms with Crippen LogP contribution in [0.1, 0.15) is 39.2 Å². The topological polar surface area (TPSA) is 23.6 Å². The van der Waals surface area contributed by atoms with Crippen LogP contribution in [0.25, 0.3) is 0 Å². The van der Waals surface area contributed by atoms with E-state index in [1.807, 2.05) is 49.5 Å². The van der Waals surface area contributed by atoms with Crippen LogP contribution in [0, 0.1) is 0 Å². The predicted molar refractivity (Wildman–Crippen MR) is 101 cm³/mol. The minimum atomic E-state index is -0.0106. The van der Waals surface area contributed by atoms with Crippen molar-refractivity contribution in [2.45, 2.75) is 51.6 Å². The summed E-state index contributed by atoms with van der Waals surface area (Å²) in [5, 5.41) is 0.720. The van der Waals surface area contributed by atoms with Crippen molar-refractivity contribution in [2.24, 2.45) is 0 Å². The maximum Gasteiger partial charge on any atom is 0.177 e. The fourth-order valence-electron chi connectivity index (χ4n) is 3.39. The van der Waals surface area contributed by atoms with E-state index >= 15 is 0 Å². The van der Waals surface area contributed by atoms with Gasteiger partial charge in [0.2, 0.25) is 0 Å². The fraction of sp³-hybridized carbons (Fsp3) is 0.550. The second-order valence-corrected chi connectivity index (χ2v) is 8.24. The summed E-state index contributed by atoms with van der Waals surface area (Å²) in [5.41, 5.74) is 1.99. The Hall–Kier alpha value is -1.32. The molecule has 24 heavy (non-hydrogen) atoms. The summed E-state index contributed by atoms with van der Waals surface area (Å²) in [7, 11) is 3.93.